The highest BCUT2D eigenvalue weighted by Gasteiger charge is 2.19. The zero-order valence-corrected chi connectivity index (χ0v) is 13.9. The van der Waals surface area contributed by atoms with Gasteiger partial charge in [-0.25, -0.2) is 0 Å². The molecule has 0 aliphatic carbocycles. The topological polar surface area (TPSA) is 68.0 Å². The van der Waals surface area contributed by atoms with E-state index in [1.54, 1.807) is 10.8 Å². The molecule has 120 valence electrons. The van der Waals surface area contributed by atoms with Crippen LogP contribution in [0.4, 0.5) is 5.69 Å². The van der Waals surface area contributed by atoms with Crippen LogP contribution >= 0.6 is 0 Å². The molecule has 0 aromatic carbocycles. The van der Waals surface area contributed by atoms with Crippen molar-refractivity contribution in [2.45, 2.75) is 39.7 Å². The molecule has 3 heterocycles. The summed E-state index contributed by atoms with van der Waals surface area (Å²) in [6.45, 7) is 8.61. The van der Waals surface area contributed by atoms with E-state index in [2.05, 4.69) is 59.4 Å². The van der Waals surface area contributed by atoms with Crippen molar-refractivity contribution in [3.8, 4) is 0 Å². The van der Waals surface area contributed by atoms with E-state index in [1.165, 1.54) is 0 Å². The fraction of sp³-hybridized carbons (Fsp3) is 0.412. The van der Waals surface area contributed by atoms with Gasteiger partial charge in [-0.2, -0.15) is 9.61 Å². The zero-order chi connectivity index (χ0) is 16.4. The van der Waals surface area contributed by atoms with E-state index in [4.69, 9.17) is 0 Å². The molecule has 6 nitrogen and oxygen atoms in total. The molecule has 0 amide bonds. The second-order valence-electron chi connectivity index (χ2n) is 6.36. The second-order valence-corrected chi connectivity index (χ2v) is 6.36. The normalized spacial score (nSPS) is 13.0. The third-order valence-corrected chi connectivity index (χ3v) is 3.86. The Hall–Kier alpha value is -2.50. The van der Waals surface area contributed by atoms with Crippen LogP contribution in [0.1, 0.15) is 51.0 Å². The van der Waals surface area contributed by atoms with Crippen LogP contribution in [-0.4, -0.2) is 24.8 Å². The van der Waals surface area contributed by atoms with Crippen LogP contribution in [0, 0.1) is 5.92 Å². The van der Waals surface area contributed by atoms with Crippen molar-refractivity contribution in [3.63, 3.8) is 0 Å². The van der Waals surface area contributed by atoms with Gasteiger partial charge in [0.15, 0.2) is 0 Å². The van der Waals surface area contributed by atoms with Crippen molar-refractivity contribution in [1.82, 2.24) is 24.8 Å². The molecule has 0 saturated carbocycles. The number of hydrogen-bond acceptors (Lipinski definition) is 5. The van der Waals surface area contributed by atoms with E-state index in [1.807, 2.05) is 24.4 Å². The first-order valence-corrected chi connectivity index (χ1v) is 7.94. The summed E-state index contributed by atoms with van der Waals surface area (Å²) in [6.07, 6.45) is 3.46. The molecule has 0 radical (unpaired) electrons. The van der Waals surface area contributed by atoms with Crippen LogP contribution in [0.3, 0.4) is 0 Å². The molecule has 3 aromatic heterocycles. The summed E-state index contributed by atoms with van der Waals surface area (Å²) in [5, 5.41) is 16.3. The first-order chi connectivity index (χ1) is 11.1. The van der Waals surface area contributed by atoms with Crippen LogP contribution in [0.2, 0.25) is 0 Å². The molecule has 1 unspecified atom stereocenters. The first kappa shape index (κ1) is 15.4. The molecule has 1 N–H and O–H groups in total. The van der Waals surface area contributed by atoms with Gasteiger partial charge in [0.2, 0.25) is 5.65 Å². The minimum absolute atomic E-state index is 0.0964. The van der Waals surface area contributed by atoms with Gasteiger partial charge in [0.1, 0.15) is 6.33 Å². The van der Waals surface area contributed by atoms with Gasteiger partial charge >= 0.3 is 0 Å². The SMILES string of the molecule is CC(C)c1cc(NC(c2ccccn2)C(C)C)c2nncn2n1. The van der Waals surface area contributed by atoms with Crippen LogP contribution in [0.5, 0.6) is 0 Å². The lowest BCUT2D eigenvalue weighted by atomic mass is 10.00. The summed E-state index contributed by atoms with van der Waals surface area (Å²) in [5.74, 6) is 0.707. The molecule has 3 rings (SSSR count). The highest BCUT2D eigenvalue weighted by atomic mass is 15.3. The van der Waals surface area contributed by atoms with E-state index >= 15 is 0 Å². The number of fused-ring (bicyclic) bond motifs is 1. The number of nitrogens with one attached hydrogen (secondary N) is 1. The Labute approximate surface area is 136 Å². The molecule has 0 bridgehead atoms. The first-order valence-electron chi connectivity index (χ1n) is 7.94. The highest BCUT2D eigenvalue weighted by molar-refractivity contribution is 5.67. The summed E-state index contributed by atoms with van der Waals surface area (Å²) in [7, 11) is 0. The molecule has 6 heteroatoms. The Morgan fingerprint density at radius 2 is 1.91 bits per heavy atom. The Morgan fingerprint density at radius 3 is 2.57 bits per heavy atom. The fourth-order valence-electron chi connectivity index (χ4n) is 2.54. The Kier molecular flexibility index (Phi) is 4.23. The molecular weight excluding hydrogens is 288 g/mol. The van der Waals surface area contributed by atoms with Gasteiger partial charge in [0, 0.05) is 6.20 Å². The molecule has 3 aromatic rings. The van der Waals surface area contributed by atoms with E-state index in [0.29, 0.717) is 11.8 Å². The van der Waals surface area contributed by atoms with Crippen LogP contribution in [0.25, 0.3) is 5.65 Å². The van der Waals surface area contributed by atoms with E-state index in [9.17, 15) is 0 Å². The lowest BCUT2D eigenvalue weighted by molar-refractivity contribution is 0.535. The van der Waals surface area contributed by atoms with Gasteiger partial charge in [-0.3, -0.25) is 4.98 Å². The van der Waals surface area contributed by atoms with Crippen LogP contribution in [0.15, 0.2) is 36.8 Å². The standard InChI is InChI=1S/C17H22N6/c1-11(2)14-9-15(17-21-19-10-23(17)22-14)20-16(12(3)4)13-7-5-6-8-18-13/h5-12,16,20H,1-4H3. The van der Waals surface area contributed by atoms with Crippen molar-refractivity contribution < 1.29 is 0 Å². The smallest absolute Gasteiger partial charge is 0.200 e. The maximum absolute atomic E-state index is 4.56. The maximum Gasteiger partial charge on any atom is 0.200 e. The molecule has 23 heavy (non-hydrogen) atoms. The summed E-state index contributed by atoms with van der Waals surface area (Å²) >= 11 is 0. The predicted molar refractivity (Wildman–Crippen MR) is 90.3 cm³/mol. The van der Waals surface area contributed by atoms with Crippen molar-refractivity contribution in [2.24, 2.45) is 5.92 Å². The summed E-state index contributed by atoms with van der Waals surface area (Å²) in [6, 6.07) is 8.15. The van der Waals surface area contributed by atoms with Gasteiger partial charge in [0.25, 0.3) is 0 Å². The number of pyridine rings is 1. The predicted octanol–water partition coefficient (Wildman–Crippen LogP) is 3.45. The monoisotopic (exact) mass is 310 g/mol. The number of hydrogen-bond donors (Lipinski definition) is 1. The lowest BCUT2D eigenvalue weighted by Gasteiger charge is -2.23. The number of anilines is 1. The highest BCUT2D eigenvalue weighted by Crippen LogP contribution is 2.28. The van der Waals surface area contributed by atoms with Crippen molar-refractivity contribution in [2.75, 3.05) is 5.32 Å². The molecule has 0 aliphatic rings. The summed E-state index contributed by atoms with van der Waals surface area (Å²) < 4.78 is 1.73. The fourth-order valence-corrected chi connectivity index (χ4v) is 2.54. The van der Waals surface area contributed by atoms with Gasteiger partial charge in [-0.15, -0.1) is 10.2 Å². The van der Waals surface area contributed by atoms with E-state index < -0.39 is 0 Å². The van der Waals surface area contributed by atoms with Crippen molar-refractivity contribution >= 4 is 11.3 Å². The molecular formula is C17H22N6. The van der Waals surface area contributed by atoms with Gasteiger partial charge in [0.05, 0.1) is 23.1 Å². The minimum Gasteiger partial charge on any atom is -0.373 e. The second kappa shape index (κ2) is 6.32. The van der Waals surface area contributed by atoms with Gasteiger partial charge in [-0.1, -0.05) is 33.8 Å². The van der Waals surface area contributed by atoms with E-state index in [-0.39, 0.29) is 6.04 Å². The Morgan fingerprint density at radius 1 is 1.09 bits per heavy atom. The quantitative estimate of drug-likeness (QED) is 0.781. The molecule has 0 spiro atoms. The third kappa shape index (κ3) is 3.16. The summed E-state index contributed by atoms with van der Waals surface area (Å²) in [5.41, 5.74) is 3.69. The maximum atomic E-state index is 4.56. The molecule has 0 aliphatic heterocycles. The van der Waals surface area contributed by atoms with Crippen LogP contribution < -0.4 is 5.32 Å². The third-order valence-electron chi connectivity index (χ3n) is 3.86. The van der Waals surface area contributed by atoms with Crippen LogP contribution in [-0.2, 0) is 0 Å². The largest absolute Gasteiger partial charge is 0.373 e. The van der Waals surface area contributed by atoms with Gasteiger partial charge in [-0.05, 0) is 30.0 Å². The van der Waals surface area contributed by atoms with Crippen molar-refractivity contribution in [1.29, 1.82) is 0 Å². The molecule has 0 fully saturated rings. The van der Waals surface area contributed by atoms with Crippen molar-refractivity contribution in [3.05, 3.63) is 48.2 Å². The molecule has 0 saturated heterocycles. The average Bonchev–Trinajstić information content (AvgIpc) is 3.01. The number of aromatic nitrogens is 5. The van der Waals surface area contributed by atoms with E-state index in [0.717, 1.165) is 22.7 Å². The Bertz CT molecular complexity index is 778. The average molecular weight is 310 g/mol. The zero-order valence-electron chi connectivity index (χ0n) is 13.9. The number of nitrogens with zero attached hydrogens (tertiary/aromatic N) is 5. The van der Waals surface area contributed by atoms with Gasteiger partial charge < -0.3 is 5.32 Å². The molecule has 1 atom stereocenters. The summed E-state index contributed by atoms with van der Waals surface area (Å²) in [4.78, 5) is 4.50. The minimum atomic E-state index is 0.0964. The number of rotatable bonds is 5. The Balaban J connectivity index is 2.03. The lowest BCUT2D eigenvalue weighted by Crippen LogP contribution is -2.19.